The molecule has 0 aromatic carbocycles. The third-order valence-electron chi connectivity index (χ3n) is 7.02. The minimum atomic E-state index is -0.538. The highest BCUT2D eigenvalue weighted by Crippen LogP contribution is 2.50. The Morgan fingerprint density at radius 1 is 1.22 bits per heavy atom. The van der Waals surface area contributed by atoms with E-state index in [0.717, 1.165) is 30.8 Å². The summed E-state index contributed by atoms with van der Waals surface area (Å²) >= 11 is 6.00. The fraction of sp³-hybridized carbons (Fsp3) is 0.400. The number of pyridine rings is 2. The average molecular weight is 515 g/mol. The summed E-state index contributed by atoms with van der Waals surface area (Å²) in [6.45, 7) is 2.45. The van der Waals surface area contributed by atoms with Crippen LogP contribution in [0.5, 0.6) is 0 Å². The summed E-state index contributed by atoms with van der Waals surface area (Å²) in [5, 5.41) is 9.93. The van der Waals surface area contributed by atoms with E-state index in [4.69, 9.17) is 11.6 Å². The summed E-state index contributed by atoms with van der Waals surface area (Å²) in [7, 11) is 0. The highest BCUT2D eigenvalue weighted by Gasteiger charge is 2.54. The summed E-state index contributed by atoms with van der Waals surface area (Å²) in [5.41, 5.74) is 1.69. The maximum atomic E-state index is 14.3. The van der Waals surface area contributed by atoms with Gasteiger partial charge in [-0.05, 0) is 50.3 Å². The summed E-state index contributed by atoms with van der Waals surface area (Å²) in [4.78, 5) is 36.0. The largest absolute Gasteiger partial charge is 0.350 e. The van der Waals surface area contributed by atoms with Crippen molar-refractivity contribution in [2.45, 2.75) is 51.1 Å². The maximum absolute atomic E-state index is 14.3. The highest BCUT2D eigenvalue weighted by atomic mass is 35.5. The number of hydrogen-bond acceptors (Lipinski definition) is 5. The van der Waals surface area contributed by atoms with Crippen LogP contribution in [0.2, 0.25) is 5.02 Å². The number of carbonyl (C=O) groups is 2. The Balaban J connectivity index is 1.24. The molecule has 1 spiro atoms. The molecule has 2 N–H and O–H groups in total. The molecule has 4 heterocycles. The lowest BCUT2D eigenvalue weighted by molar-refractivity contribution is -0.127. The topological polar surface area (TPSA) is 104 Å². The van der Waals surface area contributed by atoms with Crippen LogP contribution in [0, 0.1) is 17.6 Å². The lowest BCUT2D eigenvalue weighted by atomic mass is 9.88. The van der Waals surface area contributed by atoms with Gasteiger partial charge in [0.25, 0.3) is 5.91 Å². The molecule has 0 unspecified atom stereocenters. The van der Waals surface area contributed by atoms with Crippen LogP contribution in [0.1, 0.15) is 54.5 Å². The highest BCUT2D eigenvalue weighted by molar-refractivity contribution is 6.31. The first-order valence-corrected chi connectivity index (χ1v) is 12.3. The molecule has 3 aromatic rings. The molecule has 0 radical (unpaired) electrons. The number of likely N-dealkylation sites (tertiary alicyclic amines) is 1. The summed E-state index contributed by atoms with van der Waals surface area (Å²) in [5.74, 6) is -1.65. The van der Waals surface area contributed by atoms with Gasteiger partial charge in [0.15, 0.2) is 5.82 Å². The fourth-order valence-corrected chi connectivity index (χ4v) is 5.05. The molecule has 2 aliphatic rings. The molecule has 36 heavy (non-hydrogen) atoms. The summed E-state index contributed by atoms with van der Waals surface area (Å²) in [6.07, 6.45) is 5.56. The molecular weight excluding hydrogens is 490 g/mol. The van der Waals surface area contributed by atoms with Crippen molar-refractivity contribution in [1.29, 1.82) is 0 Å². The lowest BCUT2D eigenvalue weighted by Crippen LogP contribution is -2.50. The van der Waals surface area contributed by atoms with E-state index in [1.54, 1.807) is 12.1 Å². The molecule has 2 amide bonds. The Morgan fingerprint density at radius 2 is 2.03 bits per heavy atom. The molecule has 11 heteroatoms. The zero-order valence-corrected chi connectivity index (χ0v) is 20.4. The van der Waals surface area contributed by atoms with Gasteiger partial charge in [-0.25, -0.2) is 8.78 Å². The second kappa shape index (κ2) is 9.57. The Kier molecular flexibility index (Phi) is 6.46. The SMILES string of the molecule is CCc1cc(-c2cc(C(=O)N3CC[C@@H](C(=O)NCc4ncc(F)cc4Cl)CC34CC4)[nH]n2)c(F)cn1. The van der Waals surface area contributed by atoms with E-state index in [9.17, 15) is 18.4 Å². The number of piperidine rings is 1. The van der Waals surface area contributed by atoms with Gasteiger partial charge < -0.3 is 10.2 Å². The van der Waals surface area contributed by atoms with E-state index in [1.807, 2.05) is 11.8 Å². The first kappa shape index (κ1) is 24.3. The number of aromatic amines is 1. The van der Waals surface area contributed by atoms with Gasteiger partial charge >= 0.3 is 0 Å². The Labute approximate surface area is 211 Å². The van der Waals surface area contributed by atoms with Gasteiger partial charge in [-0.3, -0.25) is 24.7 Å². The van der Waals surface area contributed by atoms with Crippen molar-refractivity contribution >= 4 is 23.4 Å². The van der Waals surface area contributed by atoms with Crippen LogP contribution in [-0.2, 0) is 17.8 Å². The molecular formula is C25H25ClF2N6O2. The van der Waals surface area contributed by atoms with Gasteiger partial charge in [-0.1, -0.05) is 18.5 Å². The van der Waals surface area contributed by atoms with Crippen LogP contribution >= 0.6 is 11.6 Å². The smallest absolute Gasteiger partial charge is 0.272 e. The van der Waals surface area contributed by atoms with Crippen LogP contribution in [0.4, 0.5) is 8.78 Å². The summed E-state index contributed by atoms with van der Waals surface area (Å²) < 4.78 is 27.5. The molecule has 188 valence electrons. The van der Waals surface area contributed by atoms with E-state index < -0.39 is 11.6 Å². The fourth-order valence-electron chi connectivity index (χ4n) is 4.83. The van der Waals surface area contributed by atoms with Crippen molar-refractivity contribution < 1.29 is 18.4 Å². The van der Waals surface area contributed by atoms with Crippen molar-refractivity contribution in [2.75, 3.05) is 6.54 Å². The van der Waals surface area contributed by atoms with Crippen LogP contribution in [0.25, 0.3) is 11.3 Å². The number of H-pyrrole nitrogens is 1. The average Bonchev–Trinajstić information content (AvgIpc) is 3.44. The van der Waals surface area contributed by atoms with E-state index in [1.165, 1.54) is 6.20 Å². The van der Waals surface area contributed by atoms with Gasteiger partial charge in [-0.15, -0.1) is 0 Å². The standard InChI is InChI=1S/C25H25ClF2N6O2/c1-2-16-8-17(19(28)12-29-16)20-9-21(33-32-20)24(36)34-6-3-14(10-25(34)4-5-25)23(35)31-13-22-18(26)7-15(27)11-30-22/h7-9,11-12,14H,2-6,10,13H2,1H3,(H,31,35)(H,32,33)/t14-/m1/s1. The van der Waals surface area contributed by atoms with Crippen LogP contribution in [0.3, 0.4) is 0 Å². The number of aromatic nitrogens is 4. The van der Waals surface area contributed by atoms with Gasteiger partial charge in [0.2, 0.25) is 5.91 Å². The molecule has 1 saturated heterocycles. The summed E-state index contributed by atoms with van der Waals surface area (Å²) in [6, 6.07) is 4.36. The second-order valence-electron chi connectivity index (χ2n) is 9.35. The molecule has 3 aromatic heterocycles. The van der Waals surface area contributed by atoms with Gasteiger partial charge in [0, 0.05) is 29.3 Å². The number of hydrogen-bond donors (Lipinski definition) is 2. The van der Waals surface area contributed by atoms with Crippen molar-refractivity contribution in [3.8, 4) is 11.3 Å². The van der Waals surface area contributed by atoms with Crippen LogP contribution in [0.15, 0.2) is 30.6 Å². The number of nitrogens with zero attached hydrogens (tertiary/aromatic N) is 4. The third kappa shape index (κ3) is 4.69. The monoisotopic (exact) mass is 514 g/mol. The van der Waals surface area contributed by atoms with Gasteiger partial charge in [0.1, 0.15) is 11.5 Å². The molecule has 1 aliphatic heterocycles. The Hall–Kier alpha value is -3.40. The molecule has 0 bridgehead atoms. The molecule has 1 atom stereocenters. The predicted molar refractivity (Wildman–Crippen MR) is 128 cm³/mol. The first-order valence-electron chi connectivity index (χ1n) is 11.9. The third-order valence-corrected chi connectivity index (χ3v) is 7.34. The number of rotatable bonds is 6. The zero-order chi connectivity index (χ0) is 25.4. The number of carbonyl (C=O) groups excluding carboxylic acids is 2. The molecule has 2 fully saturated rings. The predicted octanol–water partition coefficient (Wildman–Crippen LogP) is 4.06. The van der Waals surface area contributed by atoms with E-state index in [0.29, 0.717) is 42.8 Å². The second-order valence-corrected chi connectivity index (χ2v) is 9.75. The minimum Gasteiger partial charge on any atom is -0.350 e. The van der Waals surface area contributed by atoms with Crippen molar-refractivity contribution in [3.05, 3.63) is 64.3 Å². The Morgan fingerprint density at radius 3 is 2.75 bits per heavy atom. The van der Waals surface area contributed by atoms with Gasteiger partial charge in [-0.2, -0.15) is 5.10 Å². The quantitative estimate of drug-likeness (QED) is 0.516. The number of halogens is 3. The molecule has 8 nitrogen and oxygen atoms in total. The minimum absolute atomic E-state index is 0.103. The van der Waals surface area contributed by atoms with Crippen LogP contribution < -0.4 is 5.32 Å². The molecule has 5 rings (SSSR count). The first-order chi connectivity index (χ1) is 17.3. The van der Waals surface area contributed by atoms with Gasteiger partial charge in [0.05, 0.1) is 35.3 Å². The maximum Gasteiger partial charge on any atom is 0.272 e. The normalized spacial score (nSPS) is 18.3. The number of nitrogens with one attached hydrogen (secondary N) is 2. The van der Waals surface area contributed by atoms with Crippen molar-refractivity contribution in [1.82, 2.24) is 30.4 Å². The lowest BCUT2D eigenvalue weighted by Gasteiger charge is -2.39. The zero-order valence-electron chi connectivity index (χ0n) is 19.7. The van der Waals surface area contributed by atoms with Crippen LogP contribution in [-0.4, -0.2) is 49.0 Å². The van der Waals surface area contributed by atoms with Crippen molar-refractivity contribution in [2.24, 2.45) is 5.92 Å². The molecule has 1 aliphatic carbocycles. The Bertz CT molecular complexity index is 1330. The molecule has 1 saturated carbocycles. The van der Waals surface area contributed by atoms with E-state index in [-0.39, 0.29) is 40.5 Å². The van der Waals surface area contributed by atoms with E-state index >= 15 is 0 Å². The van der Waals surface area contributed by atoms with E-state index in [2.05, 4.69) is 25.5 Å². The number of aryl methyl sites for hydroxylation is 1. The number of amides is 2. The van der Waals surface area contributed by atoms with Crippen molar-refractivity contribution in [3.63, 3.8) is 0 Å².